The molecule has 0 aliphatic carbocycles. The minimum absolute atomic E-state index is 0.0503. The van der Waals surface area contributed by atoms with Crippen LogP contribution in [0.25, 0.3) is 0 Å². The van der Waals surface area contributed by atoms with Crippen molar-refractivity contribution in [1.29, 1.82) is 0 Å². The Kier molecular flexibility index (Phi) is 23.4. The van der Waals surface area contributed by atoms with Crippen molar-refractivity contribution in [2.45, 2.75) is 40.5 Å². The summed E-state index contributed by atoms with van der Waals surface area (Å²) in [5.74, 6) is -2.91. The Morgan fingerprint density at radius 3 is 1.97 bits per heavy atom. The highest BCUT2D eigenvalue weighted by molar-refractivity contribution is 9.10. The highest BCUT2D eigenvalue weighted by atomic mass is 79.9. The van der Waals surface area contributed by atoms with Crippen LogP contribution in [0, 0.1) is 13.8 Å². The maximum Gasteiger partial charge on any atom is 0.270 e. The lowest BCUT2D eigenvalue weighted by Crippen LogP contribution is -2.18. The molecular weight excluding hydrogens is 542 g/mol. The fourth-order valence-corrected chi connectivity index (χ4v) is 2.82. The number of hydrogen-bond donors (Lipinski definition) is 1. The van der Waals surface area contributed by atoms with Gasteiger partial charge in [-0.1, -0.05) is 57.9 Å². The first-order chi connectivity index (χ1) is 16.4. The molecule has 2 aromatic rings. The van der Waals surface area contributed by atoms with Crippen LogP contribution in [0.2, 0.25) is 5.02 Å². The van der Waals surface area contributed by atoms with E-state index in [1.807, 2.05) is 38.0 Å². The zero-order chi connectivity index (χ0) is 28.0. The van der Waals surface area contributed by atoms with Crippen molar-refractivity contribution >= 4 is 46.4 Å². The van der Waals surface area contributed by atoms with E-state index in [1.54, 1.807) is 60.4 Å². The van der Waals surface area contributed by atoms with E-state index in [0.29, 0.717) is 10.2 Å². The molecule has 0 aromatic heterocycles. The second kappa shape index (κ2) is 22.1. The van der Waals surface area contributed by atoms with E-state index in [9.17, 15) is 13.6 Å². The minimum Gasteiger partial charge on any atom is -0.388 e. The number of aliphatic imine (C=N–C) groups is 1. The molecular formula is C26H36BrClF2N2O3. The third kappa shape index (κ3) is 19.6. The second-order valence-electron chi connectivity index (χ2n) is 6.70. The number of carbonyl (C=O) groups excluding carboxylic acids is 2. The van der Waals surface area contributed by atoms with Crippen LogP contribution in [-0.2, 0) is 20.2 Å². The average molecular weight is 578 g/mol. The lowest BCUT2D eigenvalue weighted by Gasteiger charge is -2.11. The second-order valence-corrected chi connectivity index (χ2v) is 8.03. The number of methoxy groups -OCH3 is 1. The molecule has 196 valence electrons. The number of amides is 1. The SMILES string of the molecule is C=O.CC=N/C(=C\C)C(=O)NC.COC.Cc1cc(Br)cc(C(C)(F)F)c1.Cc1ccccc1Cl. The summed E-state index contributed by atoms with van der Waals surface area (Å²) in [7, 11) is 4.83. The van der Waals surface area contributed by atoms with Gasteiger partial charge in [-0.3, -0.25) is 9.79 Å². The summed E-state index contributed by atoms with van der Waals surface area (Å²) in [6.07, 6.45) is 3.25. The summed E-state index contributed by atoms with van der Waals surface area (Å²) < 4.78 is 30.5. The van der Waals surface area contributed by atoms with Gasteiger partial charge in [-0.25, -0.2) is 8.78 Å². The summed E-state index contributed by atoms with van der Waals surface area (Å²) in [5.41, 5.74) is 2.47. The van der Waals surface area contributed by atoms with E-state index in [4.69, 9.17) is 16.4 Å². The number of halogens is 4. The van der Waals surface area contributed by atoms with Crippen LogP contribution in [0.5, 0.6) is 0 Å². The summed E-state index contributed by atoms with van der Waals surface area (Å²) in [6.45, 7) is 10.2. The van der Waals surface area contributed by atoms with Gasteiger partial charge in [0.05, 0.1) is 0 Å². The van der Waals surface area contributed by atoms with E-state index in [2.05, 4.69) is 31.0 Å². The summed E-state index contributed by atoms with van der Waals surface area (Å²) in [5, 5.41) is 3.32. The number of alkyl halides is 2. The Morgan fingerprint density at radius 1 is 1.14 bits per heavy atom. The number of benzene rings is 2. The molecule has 0 bridgehead atoms. The lowest BCUT2D eigenvalue weighted by atomic mass is 10.1. The number of ether oxygens (including phenoxy) is 1. The van der Waals surface area contributed by atoms with E-state index in [-0.39, 0.29) is 11.5 Å². The standard InChI is InChI=1S/C9H9BrF2.C7H7Cl.C7H12N2O.C2H6O.CH2O/c1-6-3-7(9(2,11)12)5-8(10)4-6;1-6-4-2-3-5-7(6)8;1-4-6(9-5-2)7(10)8-3;1-3-2;1-2/h3-5H,1-2H3;2-5H,1H3;4-5H,1-3H3,(H,8,10);1-2H3;1H2/b;;6-4-,9-5?;;. The van der Waals surface area contributed by atoms with E-state index in [0.717, 1.165) is 23.1 Å². The third-order valence-electron chi connectivity index (χ3n) is 3.63. The molecule has 0 radical (unpaired) electrons. The van der Waals surface area contributed by atoms with Crippen molar-refractivity contribution in [2.75, 3.05) is 21.3 Å². The van der Waals surface area contributed by atoms with Crippen molar-refractivity contribution in [3.63, 3.8) is 0 Å². The van der Waals surface area contributed by atoms with Crippen molar-refractivity contribution in [3.05, 3.63) is 80.4 Å². The molecule has 1 N–H and O–H groups in total. The molecule has 5 nitrogen and oxygen atoms in total. The average Bonchev–Trinajstić information content (AvgIpc) is 2.80. The van der Waals surface area contributed by atoms with Gasteiger partial charge in [-0.05, 0) is 57.0 Å². The number of hydrogen-bond acceptors (Lipinski definition) is 4. The zero-order valence-electron chi connectivity index (χ0n) is 21.6. The van der Waals surface area contributed by atoms with Gasteiger partial charge in [-0.15, -0.1) is 0 Å². The van der Waals surface area contributed by atoms with Gasteiger partial charge in [0.15, 0.2) is 0 Å². The van der Waals surface area contributed by atoms with Gasteiger partial charge in [0.1, 0.15) is 12.5 Å². The number of nitrogens with zero attached hydrogens (tertiary/aromatic N) is 1. The van der Waals surface area contributed by atoms with E-state index < -0.39 is 5.92 Å². The van der Waals surface area contributed by atoms with Crippen LogP contribution in [0.4, 0.5) is 8.78 Å². The third-order valence-corrected chi connectivity index (χ3v) is 4.51. The molecule has 0 unspecified atom stereocenters. The molecule has 35 heavy (non-hydrogen) atoms. The quantitative estimate of drug-likeness (QED) is 0.307. The summed E-state index contributed by atoms with van der Waals surface area (Å²) in [4.78, 5) is 22.7. The maximum absolute atomic E-state index is 12.8. The minimum atomic E-state index is -2.76. The highest BCUT2D eigenvalue weighted by Gasteiger charge is 2.24. The molecule has 2 rings (SSSR count). The van der Waals surface area contributed by atoms with E-state index >= 15 is 0 Å². The lowest BCUT2D eigenvalue weighted by molar-refractivity contribution is -0.117. The normalized spacial score (nSPS) is 10.2. The van der Waals surface area contributed by atoms with Crippen molar-refractivity contribution < 1.29 is 23.1 Å². The van der Waals surface area contributed by atoms with Crippen LogP contribution >= 0.6 is 27.5 Å². The van der Waals surface area contributed by atoms with E-state index in [1.165, 1.54) is 12.1 Å². The highest BCUT2D eigenvalue weighted by Crippen LogP contribution is 2.29. The smallest absolute Gasteiger partial charge is 0.270 e. The monoisotopic (exact) mass is 576 g/mol. The molecule has 0 aliphatic heterocycles. The predicted molar refractivity (Wildman–Crippen MR) is 147 cm³/mol. The summed E-state index contributed by atoms with van der Waals surface area (Å²) >= 11 is 8.88. The Balaban J connectivity index is -0.000000407. The van der Waals surface area contributed by atoms with Crippen molar-refractivity contribution in [3.8, 4) is 0 Å². The molecule has 0 aliphatic rings. The molecule has 0 spiro atoms. The number of carbonyl (C=O) groups is 2. The molecule has 2 aromatic carbocycles. The molecule has 0 heterocycles. The van der Waals surface area contributed by atoms with Crippen LogP contribution in [0.1, 0.15) is 37.5 Å². The zero-order valence-corrected chi connectivity index (χ0v) is 23.9. The van der Waals surface area contributed by atoms with Gasteiger partial charge in [0, 0.05) is 49.5 Å². The Bertz CT molecular complexity index is 876. The molecule has 0 fully saturated rings. The largest absolute Gasteiger partial charge is 0.388 e. The molecule has 9 heteroatoms. The fourth-order valence-electron chi connectivity index (χ4n) is 2.07. The van der Waals surface area contributed by atoms with Crippen LogP contribution in [0.3, 0.4) is 0 Å². The first-order valence-corrected chi connectivity index (χ1v) is 11.5. The number of allylic oxidation sites excluding steroid dienone is 1. The van der Waals surface area contributed by atoms with Crippen LogP contribution in [-0.4, -0.2) is 40.2 Å². The van der Waals surface area contributed by atoms with Crippen LogP contribution in [0.15, 0.2) is 63.7 Å². The fraction of sp³-hybridized carbons (Fsp3) is 0.346. The van der Waals surface area contributed by atoms with Gasteiger partial charge >= 0.3 is 0 Å². The first-order valence-electron chi connectivity index (χ1n) is 10.3. The topological polar surface area (TPSA) is 67.8 Å². The molecule has 0 saturated heterocycles. The number of aryl methyl sites for hydroxylation is 2. The number of rotatable bonds is 3. The van der Waals surface area contributed by atoms with Gasteiger partial charge < -0.3 is 14.8 Å². The molecule has 0 atom stereocenters. The number of nitrogens with one attached hydrogen (secondary N) is 1. The Hall–Kier alpha value is -2.42. The predicted octanol–water partition coefficient (Wildman–Crippen LogP) is 7.32. The first kappa shape index (κ1) is 37.1. The number of likely N-dealkylation sites (N-methyl/N-ethyl adjacent to an activating group) is 1. The molecule has 1 amide bonds. The Morgan fingerprint density at radius 2 is 1.66 bits per heavy atom. The van der Waals surface area contributed by atoms with Crippen LogP contribution < -0.4 is 5.32 Å². The maximum atomic E-state index is 12.8. The van der Waals surface area contributed by atoms with Crippen molar-refractivity contribution in [1.82, 2.24) is 5.32 Å². The molecule has 0 saturated carbocycles. The Labute approximate surface area is 221 Å². The van der Waals surface area contributed by atoms with Crippen molar-refractivity contribution in [2.24, 2.45) is 4.99 Å². The summed E-state index contributed by atoms with van der Waals surface area (Å²) in [6, 6.07) is 12.5. The van der Waals surface area contributed by atoms with Gasteiger partial charge in [0.25, 0.3) is 11.8 Å². The van der Waals surface area contributed by atoms with Gasteiger partial charge in [0.2, 0.25) is 0 Å². The van der Waals surface area contributed by atoms with Gasteiger partial charge in [-0.2, -0.15) is 0 Å².